The first-order valence-corrected chi connectivity index (χ1v) is 7.63. The maximum atomic E-state index is 12.8. The molecule has 2 rings (SSSR count). The predicted molar refractivity (Wildman–Crippen MR) is 86.3 cm³/mol. The van der Waals surface area contributed by atoms with E-state index in [1.54, 1.807) is 0 Å². The van der Waals surface area contributed by atoms with E-state index in [2.05, 4.69) is 19.9 Å². The Kier molecular flexibility index (Phi) is 5.14. The third-order valence-electron chi connectivity index (χ3n) is 3.14. The van der Waals surface area contributed by atoms with Gasteiger partial charge in [0.05, 0.1) is 2.74 Å². The third-order valence-corrected chi connectivity index (χ3v) is 3.32. The van der Waals surface area contributed by atoms with Crippen molar-refractivity contribution in [3.8, 4) is 11.5 Å². The van der Waals surface area contributed by atoms with Gasteiger partial charge in [-0.1, -0.05) is 17.6 Å². The van der Waals surface area contributed by atoms with Crippen molar-refractivity contribution < 1.29 is 29.1 Å². The molecule has 0 fully saturated rings. The van der Waals surface area contributed by atoms with Gasteiger partial charge in [0.25, 0.3) is 0 Å². The van der Waals surface area contributed by atoms with Gasteiger partial charge < -0.3 is 10.6 Å². The van der Waals surface area contributed by atoms with Gasteiger partial charge in [-0.25, -0.2) is 4.98 Å². The molecule has 0 amide bonds. The van der Waals surface area contributed by atoms with E-state index in [0.717, 1.165) is 19.9 Å². The zero-order chi connectivity index (χ0) is 22.1. The SMILES string of the molecule is [2H]c1cc(-c2nc(N[C@H](C)C(F)(F)F)nc(N[C@H](C)C(F)(F)F)n2)nc(Cl)c1[2H]. The average Bonchev–Trinajstić information content (AvgIpc) is 2.57. The highest BCUT2D eigenvalue weighted by atomic mass is 35.5. The maximum Gasteiger partial charge on any atom is 0.408 e. The van der Waals surface area contributed by atoms with Crippen LogP contribution < -0.4 is 10.6 Å². The standard InChI is InChI=1S/C14H13ClF6N6/c1-6(13(16,17)18)22-11-25-10(8-4-3-5-9(15)24-8)26-12(27-11)23-7(2)14(19,20)21/h3-7H,1-2H3,(H2,22,23,25,26,27)/t6-,7-/m1/s1/i3D,5D. The monoisotopic (exact) mass is 416 g/mol. The van der Waals surface area contributed by atoms with E-state index >= 15 is 0 Å². The second kappa shape index (κ2) is 7.71. The fraction of sp³-hybridized carbons (Fsp3) is 0.429. The summed E-state index contributed by atoms with van der Waals surface area (Å²) in [6.45, 7) is 1.53. The van der Waals surface area contributed by atoms with Gasteiger partial charge in [-0.3, -0.25) is 0 Å². The van der Waals surface area contributed by atoms with E-state index in [1.807, 2.05) is 10.6 Å². The molecule has 2 aromatic heterocycles. The van der Waals surface area contributed by atoms with Crippen LogP contribution in [0.15, 0.2) is 18.2 Å². The van der Waals surface area contributed by atoms with Gasteiger partial charge in [0.15, 0.2) is 5.82 Å². The highest BCUT2D eigenvalue weighted by molar-refractivity contribution is 6.29. The molecule has 13 heteroatoms. The number of nitrogens with zero attached hydrogens (tertiary/aromatic N) is 4. The summed E-state index contributed by atoms with van der Waals surface area (Å²) >= 11 is 5.72. The van der Waals surface area contributed by atoms with Crippen molar-refractivity contribution in [2.24, 2.45) is 0 Å². The Bertz CT molecular complexity index is 831. The van der Waals surface area contributed by atoms with Crippen LogP contribution in [0.5, 0.6) is 0 Å². The predicted octanol–water partition coefficient (Wildman–Crippen LogP) is 4.31. The molecule has 2 N–H and O–H groups in total. The number of halogens is 7. The minimum atomic E-state index is -4.68. The Morgan fingerprint density at radius 3 is 1.81 bits per heavy atom. The van der Waals surface area contributed by atoms with Gasteiger partial charge in [-0.15, -0.1) is 0 Å². The molecule has 0 aromatic carbocycles. The number of nitrogens with one attached hydrogen (secondary N) is 2. The topological polar surface area (TPSA) is 75.6 Å². The van der Waals surface area contributed by atoms with Crippen LogP contribution in [0, 0.1) is 0 Å². The lowest BCUT2D eigenvalue weighted by atomic mass is 10.3. The third kappa shape index (κ3) is 5.81. The Labute approximate surface area is 157 Å². The summed E-state index contributed by atoms with van der Waals surface area (Å²) in [5.74, 6) is -1.78. The second-order valence-electron chi connectivity index (χ2n) is 5.32. The first-order chi connectivity index (χ1) is 13.2. The van der Waals surface area contributed by atoms with Crippen LogP contribution in [0.25, 0.3) is 11.5 Å². The Hall–Kier alpha value is -2.37. The van der Waals surface area contributed by atoms with Crippen molar-refractivity contribution in [3.63, 3.8) is 0 Å². The van der Waals surface area contributed by atoms with Crippen molar-refractivity contribution >= 4 is 23.5 Å². The minimum Gasteiger partial charge on any atom is -0.343 e. The lowest BCUT2D eigenvalue weighted by molar-refractivity contribution is -0.139. The molecule has 0 aliphatic heterocycles. The summed E-state index contributed by atoms with van der Waals surface area (Å²) in [4.78, 5) is 14.7. The van der Waals surface area contributed by atoms with Crippen LogP contribution in [0.2, 0.25) is 5.15 Å². The molecule has 0 aliphatic carbocycles. The van der Waals surface area contributed by atoms with Gasteiger partial charge in [0, 0.05) is 0 Å². The van der Waals surface area contributed by atoms with Gasteiger partial charge in [0.2, 0.25) is 11.9 Å². The maximum absolute atomic E-state index is 12.8. The molecule has 27 heavy (non-hydrogen) atoms. The Balaban J connectivity index is 2.52. The zero-order valence-corrected chi connectivity index (χ0v) is 14.4. The number of alkyl halides is 6. The van der Waals surface area contributed by atoms with E-state index < -0.39 is 59.4 Å². The summed E-state index contributed by atoms with van der Waals surface area (Å²) in [6, 6.07) is -4.05. The van der Waals surface area contributed by atoms with Crippen molar-refractivity contribution in [2.45, 2.75) is 38.3 Å². The number of aromatic nitrogens is 4. The summed E-state index contributed by atoms with van der Waals surface area (Å²) < 4.78 is 91.9. The van der Waals surface area contributed by atoms with Gasteiger partial charge in [0.1, 0.15) is 22.9 Å². The molecule has 0 radical (unpaired) electrons. The average molecular weight is 417 g/mol. The molecule has 0 unspecified atom stereocenters. The summed E-state index contributed by atoms with van der Waals surface area (Å²) in [5, 5.41) is 3.45. The number of hydrogen-bond acceptors (Lipinski definition) is 6. The smallest absolute Gasteiger partial charge is 0.343 e. The fourth-order valence-corrected chi connectivity index (χ4v) is 1.76. The van der Waals surface area contributed by atoms with Gasteiger partial charge in [-0.05, 0) is 26.0 Å². The molecule has 0 saturated heterocycles. The minimum absolute atomic E-state index is 0.233. The molecule has 6 nitrogen and oxygen atoms in total. The molecule has 0 spiro atoms. The lowest BCUT2D eigenvalue weighted by Crippen LogP contribution is -2.35. The molecule has 148 valence electrons. The van der Waals surface area contributed by atoms with Crippen LogP contribution >= 0.6 is 11.6 Å². The second-order valence-corrected chi connectivity index (χ2v) is 5.68. The molecule has 2 aromatic rings. The van der Waals surface area contributed by atoms with Gasteiger partial charge in [-0.2, -0.15) is 41.3 Å². The quantitative estimate of drug-likeness (QED) is 0.558. The molecular weight excluding hydrogens is 402 g/mol. The summed E-state index contributed by atoms with van der Waals surface area (Å²) in [7, 11) is 0. The van der Waals surface area contributed by atoms with Crippen molar-refractivity contribution in [1.82, 2.24) is 19.9 Å². The van der Waals surface area contributed by atoms with E-state index in [0.29, 0.717) is 0 Å². The normalized spacial score (nSPS) is 15.6. The zero-order valence-electron chi connectivity index (χ0n) is 15.7. The van der Waals surface area contributed by atoms with E-state index in [-0.39, 0.29) is 5.69 Å². The Morgan fingerprint density at radius 1 is 0.926 bits per heavy atom. The van der Waals surface area contributed by atoms with Crippen molar-refractivity contribution in [1.29, 1.82) is 0 Å². The molecule has 2 heterocycles. The number of pyridine rings is 1. The van der Waals surface area contributed by atoms with Crippen LogP contribution in [-0.4, -0.2) is 44.4 Å². The van der Waals surface area contributed by atoms with Crippen LogP contribution in [0.4, 0.5) is 38.2 Å². The van der Waals surface area contributed by atoms with Crippen LogP contribution in [0.1, 0.15) is 16.6 Å². The molecule has 0 bridgehead atoms. The first kappa shape index (κ1) is 18.0. The highest BCUT2D eigenvalue weighted by Gasteiger charge is 2.38. The lowest BCUT2D eigenvalue weighted by Gasteiger charge is -2.20. The molecular formula is C14H13ClF6N6. The highest BCUT2D eigenvalue weighted by Crippen LogP contribution is 2.26. The van der Waals surface area contributed by atoms with Crippen molar-refractivity contribution in [2.75, 3.05) is 10.6 Å². The van der Waals surface area contributed by atoms with E-state index in [9.17, 15) is 26.3 Å². The number of hydrogen-bond donors (Lipinski definition) is 2. The summed E-state index contributed by atoms with van der Waals surface area (Å²) in [5.41, 5.74) is -0.233. The Morgan fingerprint density at radius 2 is 1.41 bits per heavy atom. The van der Waals surface area contributed by atoms with Gasteiger partial charge >= 0.3 is 12.4 Å². The van der Waals surface area contributed by atoms with Crippen LogP contribution in [0.3, 0.4) is 0 Å². The number of anilines is 2. The van der Waals surface area contributed by atoms with E-state index in [1.165, 1.54) is 0 Å². The molecule has 2 atom stereocenters. The summed E-state index contributed by atoms with van der Waals surface area (Å²) in [6.07, 6.45) is -9.36. The molecule has 0 saturated carbocycles. The fourth-order valence-electron chi connectivity index (χ4n) is 1.62. The number of rotatable bonds is 5. The van der Waals surface area contributed by atoms with E-state index in [4.69, 9.17) is 14.3 Å². The van der Waals surface area contributed by atoms with Crippen LogP contribution in [-0.2, 0) is 0 Å². The molecule has 0 aliphatic rings. The largest absolute Gasteiger partial charge is 0.408 e. The first-order valence-electron chi connectivity index (χ1n) is 8.25. The van der Waals surface area contributed by atoms with Crippen molar-refractivity contribution in [3.05, 3.63) is 23.3 Å².